The minimum Gasteiger partial charge on any atom is -0.379 e. The van der Waals surface area contributed by atoms with Gasteiger partial charge in [-0.2, -0.15) is 0 Å². The second kappa shape index (κ2) is 7.34. The summed E-state index contributed by atoms with van der Waals surface area (Å²) in [4.78, 5) is 0. The predicted molar refractivity (Wildman–Crippen MR) is 71.4 cm³/mol. The fourth-order valence-electron chi connectivity index (χ4n) is 2.35. The molecule has 0 radical (unpaired) electrons. The standard InChI is InChI=1S/C14H29NO2/c1-5-15-12-8-6-7-9-13(12)17-11-10-14(2,3)16-4/h12-13,15H,5-11H2,1-4H3. The van der Waals surface area contributed by atoms with E-state index in [0.717, 1.165) is 19.6 Å². The van der Waals surface area contributed by atoms with E-state index in [4.69, 9.17) is 9.47 Å². The van der Waals surface area contributed by atoms with E-state index < -0.39 is 0 Å². The van der Waals surface area contributed by atoms with Gasteiger partial charge in [-0.15, -0.1) is 0 Å². The van der Waals surface area contributed by atoms with Crippen LogP contribution in [0, 0.1) is 0 Å². The molecule has 1 aliphatic carbocycles. The van der Waals surface area contributed by atoms with Crippen molar-refractivity contribution in [1.29, 1.82) is 0 Å². The molecular weight excluding hydrogens is 214 g/mol. The van der Waals surface area contributed by atoms with Crippen LogP contribution in [0.25, 0.3) is 0 Å². The lowest BCUT2D eigenvalue weighted by atomic mass is 9.92. The summed E-state index contributed by atoms with van der Waals surface area (Å²) in [6, 6.07) is 0.555. The van der Waals surface area contributed by atoms with Gasteiger partial charge in [0, 0.05) is 19.8 Å². The molecule has 0 aromatic carbocycles. The quantitative estimate of drug-likeness (QED) is 0.746. The van der Waals surface area contributed by atoms with E-state index in [-0.39, 0.29) is 5.60 Å². The summed E-state index contributed by atoms with van der Waals surface area (Å²) >= 11 is 0. The molecule has 1 fully saturated rings. The lowest BCUT2D eigenvalue weighted by Crippen LogP contribution is -2.44. The molecule has 0 aliphatic heterocycles. The maximum Gasteiger partial charge on any atom is 0.0728 e. The fraction of sp³-hybridized carbons (Fsp3) is 1.00. The van der Waals surface area contributed by atoms with Gasteiger partial charge in [0.25, 0.3) is 0 Å². The Balaban J connectivity index is 2.28. The minimum atomic E-state index is -0.0671. The molecule has 102 valence electrons. The highest BCUT2D eigenvalue weighted by molar-refractivity contribution is 4.81. The first-order valence-corrected chi connectivity index (χ1v) is 6.99. The van der Waals surface area contributed by atoms with E-state index >= 15 is 0 Å². The van der Waals surface area contributed by atoms with Gasteiger partial charge in [0.05, 0.1) is 11.7 Å². The highest BCUT2D eigenvalue weighted by Gasteiger charge is 2.25. The lowest BCUT2D eigenvalue weighted by Gasteiger charge is -2.33. The van der Waals surface area contributed by atoms with Crippen LogP contribution in [-0.2, 0) is 9.47 Å². The molecule has 0 heterocycles. The molecule has 1 rings (SSSR count). The molecule has 0 amide bonds. The van der Waals surface area contributed by atoms with E-state index in [1.165, 1.54) is 25.7 Å². The summed E-state index contributed by atoms with van der Waals surface area (Å²) in [5, 5.41) is 3.54. The molecule has 0 spiro atoms. The van der Waals surface area contributed by atoms with Gasteiger partial charge in [-0.05, 0) is 39.7 Å². The second-order valence-electron chi connectivity index (χ2n) is 5.57. The number of hydrogen-bond acceptors (Lipinski definition) is 3. The van der Waals surface area contributed by atoms with Crippen molar-refractivity contribution in [1.82, 2.24) is 5.32 Å². The van der Waals surface area contributed by atoms with Crippen molar-refractivity contribution in [2.75, 3.05) is 20.3 Å². The maximum atomic E-state index is 6.04. The van der Waals surface area contributed by atoms with Gasteiger partial charge in [-0.25, -0.2) is 0 Å². The molecule has 0 saturated heterocycles. The zero-order chi connectivity index (χ0) is 12.7. The molecule has 0 bridgehead atoms. The van der Waals surface area contributed by atoms with Crippen LogP contribution in [0.1, 0.15) is 52.9 Å². The number of hydrogen-bond donors (Lipinski definition) is 1. The predicted octanol–water partition coefficient (Wildman–Crippen LogP) is 2.74. The average molecular weight is 243 g/mol. The van der Waals surface area contributed by atoms with E-state index in [2.05, 4.69) is 26.1 Å². The fourth-order valence-corrected chi connectivity index (χ4v) is 2.35. The van der Waals surface area contributed by atoms with E-state index in [1.807, 2.05) is 0 Å². The van der Waals surface area contributed by atoms with Crippen LogP contribution in [0.2, 0.25) is 0 Å². The maximum absolute atomic E-state index is 6.04. The Morgan fingerprint density at radius 2 is 1.94 bits per heavy atom. The molecular formula is C14H29NO2. The number of rotatable bonds is 7. The first-order valence-electron chi connectivity index (χ1n) is 6.99. The van der Waals surface area contributed by atoms with Crippen LogP contribution in [0.4, 0.5) is 0 Å². The Kier molecular flexibility index (Phi) is 6.45. The van der Waals surface area contributed by atoms with E-state index in [9.17, 15) is 0 Å². The van der Waals surface area contributed by atoms with Gasteiger partial charge in [-0.3, -0.25) is 0 Å². The third-order valence-electron chi connectivity index (χ3n) is 3.76. The first-order chi connectivity index (χ1) is 8.09. The molecule has 2 atom stereocenters. The average Bonchev–Trinajstić information content (AvgIpc) is 2.31. The molecule has 3 heteroatoms. The summed E-state index contributed by atoms with van der Waals surface area (Å²) < 4.78 is 11.4. The number of nitrogens with one attached hydrogen (secondary N) is 1. The van der Waals surface area contributed by atoms with Crippen molar-refractivity contribution in [2.24, 2.45) is 0 Å². The molecule has 2 unspecified atom stereocenters. The summed E-state index contributed by atoms with van der Waals surface area (Å²) in [5.74, 6) is 0. The summed E-state index contributed by atoms with van der Waals surface area (Å²) in [7, 11) is 1.77. The third-order valence-corrected chi connectivity index (χ3v) is 3.76. The third kappa shape index (κ3) is 5.36. The zero-order valence-electron chi connectivity index (χ0n) is 11.9. The Morgan fingerprint density at radius 3 is 2.59 bits per heavy atom. The highest BCUT2D eigenvalue weighted by atomic mass is 16.5. The number of likely N-dealkylation sites (N-methyl/N-ethyl adjacent to an activating group) is 1. The van der Waals surface area contributed by atoms with Gasteiger partial charge in [0.15, 0.2) is 0 Å². The Hall–Kier alpha value is -0.120. The molecule has 1 saturated carbocycles. The molecule has 3 nitrogen and oxygen atoms in total. The monoisotopic (exact) mass is 243 g/mol. The number of methoxy groups -OCH3 is 1. The summed E-state index contributed by atoms with van der Waals surface area (Å²) in [6.45, 7) is 8.22. The smallest absolute Gasteiger partial charge is 0.0728 e. The van der Waals surface area contributed by atoms with Crippen LogP contribution in [0.3, 0.4) is 0 Å². The van der Waals surface area contributed by atoms with Gasteiger partial charge >= 0.3 is 0 Å². The Morgan fingerprint density at radius 1 is 1.24 bits per heavy atom. The summed E-state index contributed by atoms with van der Waals surface area (Å²) in [6.07, 6.45) is 6.45. The Bertz CT molecular complexity index is 204. The van der Waals surface area contributed by atoms with Crippen molar-refractivity contribution < 1.29 is 9.47 Å². The van der Waals surface area contributed by atoms with Gasteiger partial charge < -0.3 is 14.8 Å². The lowest BCUT2D eigenvalue weighted by molar-refractivity contribution is -0.0427. The summed E-state index contributed by atoms with van der Waals surface area (Å²) in [5.41, 5.74) is -0.0671. The van der Waals surface area contributed by atoms with Crippen LogP contribution in [-0.4, -0.2) is 38.0 Å². The largest absolute Gasteiger partial charge is 0.379 e. The zero-order valence-corrected chi connectivity index (χ0v) is 11.9. The SMILES string of the molecule is CCNC1CCCCC1OCCC(C)(C)OC. The van der Waals surface area contributed by atoms with E-state index in [1.54, 1.807) is 7.11 Å². The van der Waals surface area contributed by atoms with Crippen molar-refractivity contribution in [2.45, 2.75) is 70.6 Å². The topological polar surface area (TPSA) is 30.5 Å². The second-order valence-corrected chi connectivity index (χ2v) is 5.57. The Labute approximate surface area is 106 Å². The van der Waals surface area contributed by atoms with Gasteiger partial charge in [0.2, 0.25) is 0 Å². The van der Waals surface area contributed by atoms with Crippen molar-refractivity contribution in [3.63, 3.8) is 0 Å². The molecule has 1 N–H and O–H groups in total. The minimum absolute atomic E-state index is 0.0671. The number of ether oxygens (including phenoxy) is 2. The molecule has 1 aliphatic rings. The normalized spacial score (nSPS) is 26.1. The molecule has 0 aromatic rings. The van der Waals surface area contributed by atoms with E-state index in [0.29, 0.717) is 12.1 Å². The van der Waals surface area contributed by atoms with Crippen LogP contribution in [0.5, 0.6) is 0 Å². The van der Waals surface area contributed by atoms with Crippen LogP contribution >= 0.6 is 0 Å². The van der Waals surface area contributed by atoms with Crippen LogP contribution < -0.4 is 5.32 Å². The first kappa shape index (κ1) is 14.9. The van der Waals surface area contributed by atoms with Crippen molar-refractivity contribution >= 4 is 0 Å². The van der Waals surface area contributed by atoms with Crippen molar-refractivity contribution in [3.05, 3.63) is 0 Å². The van der Waals surface area contributed by atoms with Gasteiger partial charge in [0.1, 0.15) is 0 Å². The van der Waals surface area contributed by atoms with Gasteiger partial charge in [-0.1, -0.05) is 19.8 Å². The van der Waals surface area contributed by atoms with Crippen LogP contribution in [0.15, 0.2) is 0 Å². The van der Waals surface area contributed by atoms with Crippen molar-refractivity contribution in [3.8, 4) is 0 Å². The molecule has 17 heavy (non-hydrogen) atoms. The highest BCUT2D eigenvalue weighted by Crippen LogP contribution is 2.22. The molecule has 0 aromatic heterocycles.